The second-order valence-corrected chi connectivity index (χ2v) is 4.23. The molecule has 1 atom stereocenters. The average molecular weight is 212 g/mol. The number of rotatable bonds is 2. The van der Waals surface area contributed by atoms with E-state index in [2.05, 4.69) is 9.59 Å². The number of hydrogen-bond donors (Lipinski definition) is 1. The Balaban J connectivity index is 2.60. The quantitative estimate of drug-likeness (QED) is 0.774. The van der Waals surface area contributed by atoms with Crippen LogP contribution in [0.25, 0.3) is 10.2 Å². The Morgan fingerprint density at radius 3 is 3.15 bits per heavy atom. The molecule has 0 saturated heterocycles. The lowest BCUT2D eigenvalue weighted by Crippen LogP contribution is -1.90. The SMILES string of the molecule is CSC(O)c1cccc2nnsc12. The molecule has 0 fully saturated rings. The highest BCUT2D eigenvalue weighted by Crippen LogP contribution is 2.30. The van der Waals surface area contributed by atoms with Crippen LogP contribution in [0.3, 0.4) is 0 Å². The van der Waals surface area contributed by atoms with E-state index >= 15 is 0 Å². The monoisotopic (exact) mass is 212 g/mol. The van der Waals surface area contributed by atoms with E-state index in [1.54, 1.807) is 0 Å². The highest BCUT2D eigenvalue weighted by molar-refractivity contribution is 7.98. The molecule has 1 unspecified atom stereocenters. The number of benzene rings is 1. The van der Waals surface area contributed by atoms with Crippen LogP contribution in [0, 0.1) is 0 Å². The van der Waals surface area contributed by atoms with Crippen molar-refractivity contribution >= 4 is 33.5 Å². The van der Waals surface area contributed by atoms with Gasteiger partial charge in [0.05, 0.1) is 4.70 Å². The maximum atomic E-state index is 9.66. The van der Waals surface area contributed by atoms with Gasteiger partial charge in [0.25, 0.3) is 0 Å². The van der Waals surface area contributed by atoms with Crippen LogP contribution in [0.15, 0.2) is 18.2 Å². The predicted octanol–water partition coefficient (Wildman–Crippen LogP) is 2.05. The Kier molecular flexibility index (Phi) is 2.48. The summed E-state index contributed by atoms with van der Waals surface area (Å²) >= 11 is 2.73. The Morgan fingerprint density at radius 2 is 2.38 bits per heavy atom. The van der Waals surface area contributed by atoms with Crippen LogP contribution in [0.5, 0.6) is 0 Å². The fourth-order valence-electron chi connectivity index (χ4n) is 1.15. The van der Waals surface area contributed by atoms with Crippen molar-refractivity contribution in [3.63, 3.8) is 0 Å². The van der Waals surface area contributed by atoms with Gasteiger partial charge in [0.15, 0.2) is 0 Å². The minimum absolute atomic E-state index is 0.481. The first-order valence-corrected chi connectivity index (χ1v) is 5.81. The zero-order chi connectivity index (χ0) is 9.26. The van der Waals surface area contributed by atoms with Gasteiger partial charge in [-0.05, 0) is 23.9 Å². The molecule has 5 heteroatoms. The first kappa shape index (κ1) is 8.93. The molecule has 1 aromatic carbocycles. The molecule has 2 aromatic rings. The maximum absolute atomic E-state index is 9.66. The normalized spacial score (nSPS) is 13.4. The molecule has 1 N–H and O–H groups in total. The smallest absolute Gasteiger partial charge is 0.126 e. The summed E-state index contributed by atoms with van der Waals surface area (Å²) in [5.41, 5.74) is 1.28. The zero-order valence-electron chi connectivity index (χ0n) is 6.97. The van der Waals surface area contributed by atoms with Gasteiger partial charge in [0.1, 0.15) is 11.0 Å². The summed E-state index contributed by atoms with van der Waals surface area (Å²) in [6.07, 6.45) is 1.87. The summed E-state index contributed by atoms with van der Waals surface area (Å²) in [7, 11) is 0. The van der Waals surface area contributed by atoms with Crippen LogP contribution in [-0.4, -0.2) is 20.9 Å². The molecule has 2 rings (SSSR count). The van der Waals surface area contributed by atoms with Crippen molar-refractivity contribution in [1.29, 1.82) is 0 Å². The lowest BCUT2D eigenvalue weighted by Gasteiger charge is -2.06. The van der Waals surface area contributed by atoms with Crippen LogP contribution in [-0.2, 0) is 0 Å². The Labute approximate surface area is 83.9 Å². The van der Waals surface area contributed by atoms with Crippen molar-refractivity contribution in [2.24, 2.45) is 0 Å². The van der Waals surface area contributed by atoms with Crippen molar-refractivity contribution < 1.29 is 5.11 Å². The summed E-state index contributed by atoms with van der Waals surface area (Å²) in [5.74, 6) is 0. The molecule has 1 aromatic heterocycles. The van der Waals surface area contributed by atoms with E-state index in [9.17, 15) is 5.11 Å². The molecule has 0 aliphatic carbocycles. The number of aromatic nitrogens is 2. The molecule has 0 radical (unpaired) electrons. The fraction of sp³-hybridized carbons (Fsp3) is 0.250. The largest absolute Gasteiger partial charge is 0.378 e. The number of fused-ring (bicyclic) bond motifs is 1. The molecule has 0 aliphatic rings. The highest BCUT2D eigenvalue weighted by atomic mass is 32.2. The number of thioether (sulfide) groups is 1. The number of nitrogens with zero attached hydrogens (tertiary/aromatic N) is 2. The van der Waals surface area contributed by atoms with Crippen LogP contribution in [0.4, 0.5) is 0 Å². The van der Waals surface area contributed by atoms with Gasteiger partial charge in [0, 0.05) is 5.56 Å². The fourth-order valence-corrected chi connectivity index (χ4v) is 2.37. The van der Waals surface area contributed by atoms with Crippen molar-refractivity contribution in [2.75, 3.05) is 6.26 Å². The topological polar surface area (TPSA) is 46.0 Å². The Morgan fingerprint density at radius 1 is 1.54 bits per heavy atom. The molecule has 0 bridgehead atoms. The van der Waals surface area contributed by atoms with Crippen LogP contribution >= 0.6 is 23.3 Å². The van der Waals surface area contributed by atoms with Crippen molar-refractivity contribution in [3.05, 3.63) is 23.8 Å². The summed E-state index contributed by atoms with van der Waals surface area (Å²) in [4.78, 5) is 0. The lowest BCUT2D eigenvalue weighted by atomic mass is 10.2. The zero-order valence-corrected chi connectivity index (χ0v) is 8.60. The number of hydrogen-bond acceptors (Lipinski definition) is 5. The van der Waals surface area contributed by atoms with Gasteiger partial charge >= 0.3 is 0 Å². The third-order valence-electron chi connectivity index (χ3n) is 1.79. The van der Waals surface area contributed by atoms with Gasteiger partial charge in [-0.3, -0.25) is 0 Å². The summed E-state index contributed by atoms with van der Waals surface area (Å²) in [6, 6.07) is 5.69. The van der Waals surface area contributed by atoms with Gasteiger partial charge in [0.2, 0.25) is 0 Å². The second kappa shape index (κ2) is 3.61. The van der Waals surface area contributed by atoms with Crippen molar-refractivity contribution in [1.82, 2.24) is 9.59 Å². The van der Waals surface area contributed by atoms with E-state index < -0.39 is 5.44 Å². The van der Waals surface area contributed by atoms with Crippen LogP contribution < -0.4 is 0 Å². The number of aliphatic hydroxyl groups is 1. The van der Waals surface area contributed by atoms with Gasteiger partial charge in [-0.1, -0.05) is 16.6 Å². The average Bonchev–Trinajstić information content (AvgIpc) is 2.63. The van der Waals surface area contributed by atoms with Crippen molar-refractivity contribution in [2.45, 2.75) is 5.44 Å². The summed E-state index contributed by atoms with van der Waals surface area (Å²) in [6.45, 7) is 0. The molecule has 3 nitrogen and oxygen atoms in total. The van der Waals surface area contributed by atoms with E-state index in [0.717, 1.165) is 15.8 Å². The molecule has 0 aliphatic heterocycles. The first-order valence-electron chi connectivity index (χ1n) is 3.75. The highest BCUT2D eigenvalue weighted by Gasteiger charge is 2.11. The molecule has 0 spiro atoms. The molecule has 1 heterocycles. The van der Waals surface area contributed by atoms with Gasteiger partial charge in [-0.25, -0.2) is 0 Å². The number of aliphatic hydroxyl groups excluding tert-OH is 1. The van der Waals surface area contributed by atoms with E-state index in [1.165, 1.54) is 23.3 Å². The predicted molar refractivity (Wildman–Crippen MR) is 55.9 cm³/mol. The summed E-state index contributed by atoms with van der Waals surface area (Å²) in [5, 5.41) is 13.6. The summed E-state index contributed by atoms with van der Waals surface area (Å²) < 4.78 is 4.83. The van der Waals surface area contributed by atoms with Gasteiger partial charge < -0.3 is 5.11 Å². The van der Waals surface area contributed by atoms with Gasteiger partial charge in [-0.15, -0.1) is 16.9 Å². The minimum atomic E-state index is -0.481. The van der Waals surface area contributed by atoms with Crippen LogP contribution in [0.2, 0.25) is 0 Å². The third kappa shape index (κ3) is 1.54. The lowest BCUT2D eigenvalue weighted by molar-refractivity contribution is 0.272. The van der Waals surface area contributed by atoms with E-state index in [-0.39, 0.29) is 0 Å². The van der Waals surface area contributed by atoms with Crippen LogP contribution in [0.1, 0.15) is 11.0 Å². The Hall–Kier alpha value is -0.650. The maximum Gasteiger partial charge on any atom is 0.126 e. The van der Waals surface area contributed by atoms with Crippen molar-refractivity contribution in [3.8, 4) is 0 Å². The van der Waals surface area contributed by atoms with Gasteiger partial charge in [-0.2, -0.15) is 0 Å². The second-order valence-electron chi connectivity index (χ2n) is 2.56. The van der Waals surface area contributed by atoms with E-state index in [0.29, 0.717) is 0 Å². The molecule has 13 heavy (non-hydrogen) atoms. The minimum Gasteiger partial charge on any atom is -0.378 e. The Bertz CT molecular complexity index is 415. The molecular formula is C8H8N2OS2. The van der Waals surface area contributed by atoms with E-state index in [4.69, 9.17) is 0 Å². The molecule has 0 saturated carbocycles. The molecular weight excluding hydrogens is 204 g/mol. The standard InChI is InChI=1S/C8H8N2OS2/c1-12-8(11)5-3-2-4-6-7(5)13-10-9-6/h2-4,8,11H,1H3. The third-order valence-corrected chi connectivity index (χ3v) is 3.29. The van der Waals surface area contributed by atoms with E-state index in [1.807, 2.05) is 24.5 Å². The molecule has 68 valence electrons. The molecule has 0 amide bonds. The first-order chi connectivity index (χ1) is 6.33.